The van der Waals surface area contributed by atoms with Crippen LogP contribution in [0.25, 0.3) is 10.9 Å². The molecule has 0 radical (unpaired) electrons. The monoisotopic (exact) mass is 344 g/mol. The predicted molar refractivity (Wildman–Crippen MR) is 94.7 cm³/mol. The lowest BCUT2D eigenvalue weighted by Gasteiger charge is -2.30. The van der Waals surface area contributed by atoms with Crippen molar-refractivity contribution in [2.24, 2.45) is 13.0 Å². The Hall–Kier alpha value is -2.50. The molecule has 0 unspecified atom stereocenters. The van der Waals surface area contributed by atoms with E-state index in [1.165, 1.54) is 0 Å². The van der Waals surface area contributed by atoms with Crippen LogP contribution in [-0.2, 0) is 16.6 Å². The lowest BCUT2D eigenvalue weighted by Crippen LogP contribution is -2.41. The van der Waals surface area contributed by atoms with Crippen molar-refractivity contribution in [1.82, 2.24) is 9.47 Å². The first-order valence-corrected chi connectivity index (χ1v) is 8.65. The lowest BCUT2D eigenvalue weighted by molar-refractivity contribution is -0.149. The van der Waals surface area contributed by atoms with Crippen LogP contribution in [0.1, 0.15) is 30.3 Å². The Morgan fingerprint density at radius 3 is 2.60 bits per heavy atom. The molecule has 6 heteroatoms. The summed E-state index contributed by atoms with van der Waals surface area (Å²) in [5, 5.41) is 0.928. The largest absolute Gasteiger partial charge is 0.496 e. The van der Waals surface area contributed by atoms with E-state index in [0.29, 0.717) is 38.2 Å². The van der Waals surface area contributed by atoms with Gasteiger partial charge in [0.05, 0.1) is 25.2 Å². The van der Waals surface area contributed by atoms with E-state index in [9.17, 15) is 9.59 Å². The van der Waals surface area contributed by atoms with Gasteiger partial charge in [0.2, 0.25) is 0 Å². The maximum Gasteiger partial charge on any atom is 0.309 e. The Balaban J connectivity index is 1.77. The average Bonchev–Trinajstić information content (AvgIpc) is 2.98. The molecule has 0 atom stereocenters. The molecule has 2 aromatic rings. The van der Waals surface area contributed by atoms with Crippen LogP contribution < -0.4 is 4.74 Å². The number of benzene rings is 1. The van der Waals surface area contributed by atoms with Gasteiger partial charge >= 0.3 is 5.97 Å². The lowest BCUT2D eigenvalue weighted by atomic mass is 9.97. The maximum atomic E-state index is 12.9. The molecule has 1 saturated heterocycles. The first-order valence-electron chi connectivity index (χ1n) is 8.65. The standard InChI is InChI=1S/C19H24N2O4/c1-4-25-19(23)13-8-10-21(11-9-13)18(22)16-12-14-15(20(16)2)6-5-7-17(14)24-3/h5-7,12-13H,4,8-11H2,1-3H3. The van der Waals surface area contributed by atoms with E-state index < -0.39 is 0 Å². The smallest absolute Gasteiger partial charge is 0.309 e. The molecule has 0 bridgehead atoms. The van der Waals surface area contributed by atoms with Crippen LogP contribution in [-0.4, -0.2) is 48.1 Å². The normalized spacial score (nSPS) is 15.4. The molecule has 2 heterocycles. The predicted octanol–water partition coefficient (Wildman–Crippen LogP) is 2.60. The fourth-order valence-corrected chi connectivity index (χ4v) is 3.46. The van der Waals surface area contributed by atoms with Crippen LogP contribution in [0.2, 0.25) is 0 Å². The number of ether oxygens (including phenoxy) is 2. The summed E-state index contributed by atoms with van der Waals surface area (Å²) >= 11 is 0. The Labute approximate surface area is 147 Å². The van der Waals surface area contributed by atoms with Crippen LogP contribution in [0.4, 0.5) is 0 Å². The summed E-state index contributed by atoms with van der Waals surface area (Å²) in [6.45, 7) is 3.35. The summed E-state index contributed by atoms with van der Waals surface area (Å²) in [5.74, 6) is 0.497. The zero-order valence-corrected chi connectivity index (χ0v) is 14.9. The molecule has 6 nitrogen and oxygen atoms in total. The zero-order chi connectivity index (χ0) is 18.0. The number of aromatic nitrogens is 1. The molecule has 1 amide bonds. The third-order valence-electron chi connectivity index (χ3n) is 4.89. The number of amides is 1. The molecule has 0 saturated carbocycles. The highest BCUT2D eigenvalue weighted by Crippen LogP contribution is 2.29. The molecular weight excluding hydrogens is 320 g/mol. The molecule has 1 aromatic carbocycles. The van der Waals surface area contributed by atoms with E-state index in [1.54, 1.807) is 7.11 Å². The van der Waals surface area contributed by atoms with E-state index in [-0.39, 0.29) is 17.8 Å². The second kappa shape index (κ2) is 7.17. The number of fused-ring (bicyclic) bond motifs is 1. The molecule has 0 N–H and O–H groups in total. The number of hydrogen-bond donors (Lipinski definition) is 0. The molecule has 134 valence electrons. The van der Waals surface area contributed by atoms with Crippen LogP contribution in [0, 0.1) is 5.92 Å². The number of methoxy groups -OCH3 is 1. The minimum atomic E-state index is -0.149. The quantitative estimate of drug-likeness (QED) is 0.800. The number of carbonyl (C=O) groups excluding carboxylic acids is 2. The Morgan fingerprint density at radius 1 is 1.24 bits per heavy atom. The van der Waals surface area contributed by atoms with Gasteiger partial charge in [0, 0.05) is 25.5 Å². The van der Waals surface area contributed by atoms with Gasteiger partial charge in [0.25, 0.3) is 5.91 Å². The SMILES string of the molecule is CCOC(=O)C1CCN(C(=O)c2cc3c(OC)cccc3n2C)CC1. The van der Waals surface area contributed by atoms with Gasteiger partial charge in [0.1, 0.15) is 11.4 Å². The van der Waals surface area contributed by atoms with E-state index in [4.69, 9.17) is 9.47 Å². The summed E-state index contributed by atoms with van der Waals surface area (Å²) in [6, 6.07) is 7.66. The highest BCUT2D eigenvalue weighted by molar-refractivity contribution is 6.00. The summed E-state index contributed by atoms with van der Waals surface area (Å²) in [6.07, 6.45) is 1.30. The van der Waals surface area contributed by atoms with Crippen molar-refractivity contribution in [1.29, 1.82) is 0 Å². The topological polar surface area (TPSA) is 60.8 Å². The van der Waals surface area contributed by atoms with Gasteiger partial charge in [-0.15, -0.1) is 0 Å². The van der Waals surface area contributed by atoms with Gasteiger partial charge < -0.3 is 18.9 Å². The number of carbonyl (C=O) groups is 2. The third kappa shape index (κ3) is 3.21. The van der Waals surface area contributed by atoms with E-state index in [2.05, 4.69) is 0 Å². The van der Waals surface area contributed by atoms with Crippen LogP contribution >= 0.6 is 0 Å². The number of likely N-dealkylation sites (tertiary alicyclic amines) is 1. The molecule has 1 aromatic heterocycles. The van der Waals surface area contributed by atoms with Gasteiger partial charge in [-0.3, -0.25) is 9.59 Å². The van der Waals surface area contributed by atoms with Gasteiger partial charge in [-0.05, 0) is 38.0 Å². The number of hydrogen-bond acceptors (Lipinski definition) is 4. The zero-order valence-electron chi connectivity index (χ0n) is 14.9. The Kier molecular flexibility index (Phi) is 4.97. The molecule has 1 fully saturated rings. The molecular formula is C19H24N2O4. The molecule has 1 aliphatic heterocycles. The van der Waals surface area contributed by atoms with Crippen molar-refractivity contribution in [3.8, 4) is 5.75 Å². The van der Waals surface area contributed by atoms with Gasteiger partial charge in [-0.25, -0.2) is 0 Å². The number of esters is 1. The summed E-state index contributed by atoms with van der Waals surface area (Å²) in [5.41, 5.74) is 1.60. The summed E-state index contributed by atoms with van der Waals surface area (Å²) < 4.78 is 12.4. The highest BCUT2D eigenvalue weighted by Gasteiger charge is 2.30. The second-order valence-electron chi connectivity index (χ2n) is 6.30. The van der Waals surface area contributed by atoms with E-state index in [1.807, 2.05) is 47.7 Å². The van der Waals surface area contributed by atoms with Crippen LogP contribution in [0.5, 0.6) is 5.75 Å². The Bertz CT molecular complexity index is 788. The first-order chi connectivity index (χ1) is 12.1. The minimum absolute atomic E-state index is 0.0111. The molecule has 3 rings (SSSR count). The van der Waals surface area contributed by atoms with Crippen LogP contribution in [0.3, 0.4) is 0 Å². The van der Waals surface area contributed by atoms with Crippen molar-refractivity contribution >= 4 is 22.8 Å². The molecule has 0 spiro atoms. The second-order valence-corrected chi connectivity index (χ2v) is 6.30. The average molecular weight is 344 g/mol. The van der Waals surface area contributed by atoms with Crippen molar-refractivity contribution in [2.75, 3.05) is 26.8 Å². The van der Waals surface area contributed by atoms with E-state index >= 15 is 0 Å². The number of piperidine rings is 1. The molecule has 25 heavy (non-hydrogen) atoms. The third-order valence-corrected chi connectivity index (χ3v) is 4.89. The van der Waals surface area contributed by atoms with E-state index in [0.717, 1.165) is 16.7 Å². The molecule has 0 aliphatic carbocycles. The summed E-state index contributed by atoms with van der Waals surface area (Å²) in [4.78, 5) is 26.6. The van der Waals surface area contributed by atoms with Crippen LogP contribution in [0.15, 0.2) is 24.3 Å². The minimum Gasteiger partial charge on any atom is -0.496 e. The summed E-state index contributed by atoms with van der Waals surface area (Å²) in [7, 11) is 3.52. The Morgan fingerprint density at radius 2 is 1.96 bits per heavy atom. The number of rotatable bonds is 4. The fraction of sp³-hybridized carbons (Fsp3) is 0.474. The van der Waals surface area contributed by atoms with Crippen molar-refractivity contribution < 1.29 is 19.1 Å². The van der Waals surface area contributed by atoms with Crippen molar-refractivity contribution in [3.05, 3.63) is 30.0 Å². The highest BCUT2D eigenvalue weighted by atomic mass is 16.5. The van der Waals surface area contributed by atoms with Gasteiger partial charge in [0.15, 0.2) is 0 Å². The van der Waals surface area contributed by atoms with Gasteiger partial charge in [-0.1, -0.05) is 6.07 Å². The number of nitrogens with zero attached hydrogens (tertiary/aromatic N) is 2. The fourth-order valence-electron chi connectivity index (χ4n) is 3.46. The first kappa shape index (κ1) is 17.3. The van der Waals surface area contributed by atoms with Gasteiger partial charge in [-0.2, -0.15) is 0 Å². The maximum absolute atomic E-state index is 12.9. The van der Waals surface area contributed by atoms with Crippen molar-refractivity contribution in [2.45, 2.75) is 19.8 Å². The number of aryl methyl sites for hydroxylation is 1. The molecule has 1 aliphatic rings. The van der Waals surface area contributed by atoms with Crippen molar-refractivity contribution in [3.63, 3.8) is 0 Å².